The first-order valence-electron chi connectivity index (χ1n) is 6.18. The Balaban J connectivity index is 2.01. The Morgan fingerprint density at radius 2 is 2.05 bits per heavy atom. The number of hydrogen-bond acceptors (Lipinski definition) is 6. The molecule has 2 aromatic heterocycles. The Morgan fingerprint density at radius 3 is 2.65 bits per heavy atom. The number of nitrogens with one attached hydrogen (secondary N) is 2. The quantitative estimate of drug-likeness (QED) is 0.801. The van der Waals surface area contributed by atoms with Crippen LogP contribution in [0, 0.1) is 0 Å². The van der Waals surface area contributed by atoms with E-state index in [2.05, 4.69) is 20.0 Å². The average Bonchev–Trinajstić information content (AvgIpc) is 2.97. The molecule has 0 bridgehead atoms. The molecular formula is C12H16N4O3S. The van der Waals surface area contributed by atoms with Gasteiger partial charge in [0.2, 0.25) is 16.0 Å². The lowest BCUT2D eigenvalue weighted by atomic mass is 10.4. The van der Waals surface area contributed by atoms with Crippen molar-refractivity contribution in [2.75, 3.05) is 11.9 Å². The van der Waals surface area contributed by atoms with Crippen LogP contribution in [0.3, 0.4) is 0 Å². The minimum absolute atomic E-state index is 0.0306. The van der Waals surface area contributed by atoms with E-state index in [1.807, 2.05) is 6.92 Å². The smallest absolute Gasteiger partial charge is 0.243 e. The third-order valence-corrected chi connectivity index (χ3v) is 3.87. The van der Waals surface area contributed by atoms with E-state index in [1.54, 1.807) is 6.07 Å². The van der Waals surface area contributed by atoms with Gasteiger partial charge in [-0.1, -0.05) is 6.92 Å². The molecule has 0 amide bonds. The van der Waals surface area contributed by atoms with Crippen molar-refractivity contribution in [1.29, 1.82) is 0 Å². The van der Waals surface area contributed by atoms with E-state index < -0.39 is 10.0 Å². The highest BCUT2D eigenvalue weighted by Crippen LogP contribution is 2.09. The van der Waals surface area contributed by atoms with Gasteiger partial charge in [0.1, 0.15) is 4.90 Å². The first-order valence-corrected chi connectivity index (χ1v) is 7.67. The predicted octanol–water partition coefficient (Wildman–Crippen LogP) is 1.37. The largest absolute Gasteiger partial charge is 0.472 e. The summed E-state index contributed by atoms with van der Waals surface area (Å²) in [5.74, 6) is 0.417. The lowest BCUT2D eigenvalue weighted by Gasteiger charge is -2.06. The normalized spacial score (nSPS) is 11.4. The Hall–Kier alpha value is -1.93. The maximum absolute atomic E-state index is 12.0. The number of hydrogen-bond donors (Lipinski definition) is 2. The van der Waals surface area contributed by atoms with Crippen LogP contribution in [0.25, 0.3) is 0 Å². The molecule has 0 aliphatic carbocycles. The van der Waals surface area contributed by atoms with E-state index in [0.29, 0.717) is 5.95 Å². The van der Waals surface area contributed by atoms with Gasteiger partial charge >= 0.3 is 0 Å². The van der Waals surface area contributed by atoms with Crippen molar-refractivity contribution in [2.45, 2.75) is 24.8 Å². The zero-order chi connectivity index (χ0) is 14.4. The van der Waals surface area contributed by atoms with Crippen molar-refractivity contribution in [3.8, 4) is 0 Å². The number of aromatic nitrogens is 2. The number of furan rings is 1. The number of sulfonamides is 1. The van der Waals surface area contributed by atoms with Crippen molar-refractivity contribution in [3.63, 3.8) is 0 Å². The molecule has 2 rings (SSSR count). The van der Waals surface area contributed by atoms with Gasteiger partial charge in [-0.15, -0.1) is 0 Å². The van der Waals surface area contributed by atoms with Crippen LogP contribution < -0.4 is 10.0 Å². The minimum atomic E-state index is -3.62. The maximum atomic E-state index is 12.0. The summed E-state index contributed by atoms with van der Waals surface area (Å²) < 4.78 is 31.3. The topological polar surface area (TPSA) is 97.1 Å². The van der Waals surface area contributed by atoms with Crippen LogP contribution in [0.1, 0.15) is 18.9 Å². The SMILES string of the molecule is CCCNc1ncc(S(=O)(=O)NCc2ccoc2)cn1. The van der Waals surface area contributed by atoms with Gasteiger partial charge in [-0.2, -0.15) is 0 Å². The zero-order valence-electron chi connectivity index (χ0n) is 11.0. The Kier molecular flexibility index (Phi) is 4.70. The Bertz CT molecular complexity index is 623. The molecule has 0 aromatic carbocycles. The molecule has 0 saturated heterocycles. The van der Waals surface area contributed by atoms with Gasteiger partial charge in [0.05, 0.1) is 24.9 Å². The lowest BCUT2D eigenvalue weighted by Crippen LogP contribution is -2.23. The molecule has 2 heterocycles. The van der Waals surface area contributed by atoms with Crippen molar-refractivity contribution in [2.24, 2.45) is 0 Å². The molecule has 0 radical (unpaired) electrons. The lowest BCUT2D eigenvalue weighted by molar-refractivity contribution is 0.561. The van der Waals surface area contributed by atoms with Gasteiger partial charge in [-0.25, -0.2) is 23.1 Å². The van der Waals surface area contributed by atoms with E-state index in [9.17, 15) is 8.42 Å². The fraction of sp³-hybridized carbons (Fsp3) is 0.333. The van der Waals surface area contributed by atoms with Crippen LogP contribution in [0.4, 0.5) is 5.95 Å². The molecule has 2 aromatic rings. The van der Waals surface area contributed by atoms with Gasteiger partial charge in [0.15, 0.2) is 0 Å². The number of rotatable bonds is 7. The molecule has 0 spiro atoms. The van der Waals surface area contributed by atoms with Gasteiger partial charge in [-0.05, 0) is 12.5 Å². The highest BCUT2D eigenvalue weighted by Gasteiger charge is 2.15. The molecule has 0 unspecified atom stereocenters. The summed E-state index contributed by atoms with van der Waals surface area (Å²) in [6.07, 6.45) is 6.47. The summed E-state index contributed by atoms with van der Waals surface area (Å²) in [6, 6.07) is 1.69. The van der Waals surface area contributed by atoms with Gasteiger partial charge in [-0.3, -0.25) is 0 Å². The molecule has 0 fully saturated rings. The molecule has 0 saturated carbocycles. The molecule has 20 heavy (non-hydrogen) atoms. The highest BCUT2D eigenvalue weighted by molar-refractivity contribution is 7.89. The fourth-order valence-corrected chi connectivity index (χ4v) is 2.34. The van der Waals surface area contributed by atoms with Crippen LogP contribution in [0.2, 0.25) is 0 Å². The maximum Gasteiger partial charge on any atom is 0.243 e. The molecule has 108 valence electrons. The first kappa shape index (κ1) is 14.5. The Morgan fingerprint density at radius 1 is 1.30 bits per heavy atom. The van der Waals surface area contributed by atoms with Crippen LogP contribution >= 0.6 is 0 Å². The van der Waals surface area contributed by atoms with E-state index in [-0.39, 0.29) is 11.4 Å². The summed E-state index contributed by atoms with van der Waals surface area (Å²) in [5, 5.41) is 2.98. The molecule has 8 heteroatoms. The summed E-state index contributed by atoms with van der Waals surface area (Å²) in [4.78, 5) is 7.97. The third-order valence-electron chi connectivity index (χ3n) is 2.52. The van der Waals surface area contributed by atoms with E-state index in [1.165, 1.54) is 24.9 Å². The predicted molar refractivity (Wildman–Crippen MR) is 73.5 cm³/mol. The molecular weight excluding hydrogens is 280 g/mol. The van der Waals surface area contributed by atoms with Crippen molar-refractivity contribution in [3.05, 3.63) is 36.5 Å². The number of anilines is 1. The first-order chi connectivity index (χ1) is 9.62. The summed E-state index contributed by atoms with van der Waals surface area (Å²) >= 11 is 0. The molecule has 0 aliphatic rings. The summed E-state index contributed by atoms with van der Waals surface area (Å²) in [7, 11) is -3.62. The standard InChI is InChI=1S/C12H16N4O3S/c1-2-4-13-12-14-7-11(8-15-12)20(17,18)16-6-10-3-5-19-9-10/h3,5,7-9,16H,2,4,6H2,1H3,(H,13,14,15). The average molecular weight is 296 g/mol. The van der Waals surface area contributed by atoms with Gasteiger partial charge in [0.25, 0.3) is 0 Å². The fourth-order valence-electron chi connectivity index (χ4n) is 1.44. The molecule has 2 N–H and O–H groups in total. The highest BCUT2D eigenvalue weighted by atomic mass is 32.2. The van der Waals surface area contributed by atoms with Crippen LogP contribution in [-0.4, -0.2) is 24.9 Å². The summed E-state index contributed by atoms with van der Waals surface area (Å²) in [6.45, 7) is 2.92. The second-order valence-corrected chi connectivity index (χ2v) is 5.89. The minimum Gasteiger partial charge on any atom is -0.472 e. The number of nitrogens with zero attached hydrogens (tertiary/aromatic N) is 2. The van der Waals surface area contributed by atoms with Crippen LogP contribution in [0.15, 0.2) is 40.3 Å². The zero-order valence-corrected chi connectivity index (χ0v) is 11.9. The van der Waals surface area contributed by atoms with Crippen molar-refractivity contribution >= 4 is 16.0 Å². The third kappa shape index (κ3) is 3.78. The van der Waals surface area contributed by atoms with Crippen LogP contribution in [0.5, 0.6) is 0 Å². The van der Waals surface area contributed by atoms with Crippen molar-refractivity contribution in [1.82, 2.24) is 14.7 Å². The van der Waals surface area contributed by atoms with E-state index in [4.69, 9.17) is 4.42 Å². The second kappa shape index (κ2) is 6.49. The monoisotopic (exact) mass is 296 g/mol. The molecule has 0 aliphatic heterocycles. The Labute approximate surface area is 117 Å². The second-order valence-electron chi connectivity index (χ2n) is 4.13. The van der Waals surface area contributed by atoms with Crippen LogP contribution in [-0.2, 0) is 16.6 Å². The van der Waals surface area contributed by atoms with E-state index >= 15 is 0 Å². The summed E-state index contributed by atoms with van der Waals surface area (Å²) in [5.41, 5.74) is 0.746. The van der Waals surface area contributed by atoms with Gasteiger partial charge in [0, 0.05) is 18.7 Å². The molecule has 0 atom stereocenters. The van der Waals surface area contributed by atoms with E-state index in [0.717, 1.165) is 18.5 Å². The molecule has 7 nitrogen and oxygen atoms in total. The van der Waals surface area contributed by atoms with Crippen molar-refractivity contribution < 1.29 is 12.8 Å². The van der Waals surface area contributed by atoms with Gasteiger partial charge < -0.3 is 9.73 Å².